The van der Waals surface area contributed by atoms with Gasteiger partial charge < -0.3 is 10.3 Å². The lowest BCUT2D eigenvalue weighted by atomic mass is 9.84. The van der Waals surface area contributed by atoms with Crippen LogP contribution < -0.4 is 5.73 Å². The van der Waals surface area contributed by atoms with Gasteiger partial charge in [-0.3, -0.25) is 0 Å². The van der Waals surface area contributed by atoms with E-state index in [1.54, 1.807) is 6.92 Å². The number of hydrogen-bond acceptors (Lipinski definition) is 4. The highest BCUT2D eigenvalue weighted by atomic mass is 16.5. The topological polar surface area (TPSA) is 64.9 Å². The summed E-state index contributed by atoms with van der Waals surface area (Å²) in [5, 5.41) is 3.88. The first-order chi connectivity index (χ1) is 6.77. The van der Waals surface area contributed by atoms with Crippen LogP contribution in [0.25, 0.3) is 0 Å². The molecule has 1 fully saturated rings. The van der Waals surface area contributed by atoms with Crippen LogP contribution in [0.1, 0.15) is 49.9 Å². The van der Waals surface area contributed by atoms with E-state index in [2.05, 4.69) is 10.1 Å². The molecule has 0 amide bonds. The molecule has 0 aromatic carbocycles. The van der Waals surface area contributed by atoms with Gasteiger partial charge in [0.15, 0.2) is 5.82 Å². The normalized spacial score (nSPS) is 21.0. The first kappa shape index (κ1) is 9.65. The molecule has 0 bridgehead atoms. The van der Waals surface area contributed by atoms with Gasteiger partial charge in [0.05, 0.1) is 6.04 Å². The summed E-state index contributed by atoms with van der Waals surface area (Å²) < 4.78 is 4.94. The fraction of sp³-hybridized carbons (Fsp3) is 0.800. The lowest BCUT2D eigenvalue weighted by molar-refractivity contribution is 0.292. The van der Waals surface area contributed by atoms with Crippen molar-refractivity contribution in [2.75, 3.05) is 0 Å². The summed E-state index contributed by atoms with van der Waals surface area (Å²) in [4.78, 5) is 4.18. The van der Waals surface area contributed by atoms with Crippen LogP contribution >= 0.6 is 0 Å². The van der Waals surface area contributed by atoms with Gasteiger partial charge in [-0.2, -0.15) is 4.98 Å². The molecule has 14 heavy (non-hydrogen) atoms. The van der Waals surface area contributed by atoms with E-state index in [9.17, 15) is 0 Å². The molecule has 0 saturated heterocycles. The molecule has 0 radical (unpaired) electrons. The first-order valence-electron chi connectivity index (χ1n) is 5.33. The summed E-state index contributed by atoms with van der Waals surface area (Å²) in [6.07, 6.45) is 6.32. The quantitative estimate of drug-likeness (QED) is 0.783. The van der Waals surface area contributed by atoms with Gasteiger partial charge >= 0.3 is 0 Å². The van der Waals surface area contributed by atoms with Crippen molar-refractivity contribution in [1.29, 1.82) is 0 Å². The van der Waals surface area contributed by atoms with Crippen molar-refractivity contribution in [2.45, 2.75) is 45.1 Å². The van der Waals surface area contributed by atoms with Crippen molar-refractivity contribution >= 4 is 0 Å². The van der Waals surface area contributed by atoms with E-state index in [4.69, 9.17) is 10.3 Å². The number of rotatable bonds is 2. The zero-order chi connectivity index (χ0) is 9.97. The Balaban J connectivity index is 2.03. The van der Waals surface area contributed by atoms with Gasteiger partial charge in [0.2, 0.25) is 5.89 Å². The van der Waals surface area contributed by atoms with E-state index in [1.807, 2.05) is 0 Å². The molecular formula is C10H17N3O. The minimum atomic E-state index is -0.0345. The summed E-state index contributed by atoms with van der Waals surface area (Å²) >= 11 is 0. The van der Waals surface area contributed by atoms with E-state index >= 15 is 0 Å². The molecule has 1 aliphatic rings. The maximum Gasteiger partial charge on any atom is 0.223 e. The van der Waals surface area contributed by atoms with Crippen molar-refractivity contribution in [3.05, 3.63) is 11.7 Å². The van der Waals surface area contributed by atoms with Crippen LogP contribution in [0.2, 0.25) is 0 Å². The van der Waals surface area contributed by atoms with E-state index < -0.39 is 0 Å². The first-order valence-corrected chi connectivity index (χ1v) is 5.33. The lowest BCUT2D eigenvalue weighted by Crippen LogP contribution is -2.24. The van der Waals surface area contributed by atoms with E-state index in [0.29, 0.717) is 17.6 Å². The van der Waals surface area contributed by atoms with Crippen LogP contribution in [0, 0.1) is 12.8 Å². The average molecular weight is 195 g/mol. The van der Waals surface area contributed by atoms with Crippen LogP contribution in [-0.4, -0.2) is 10.1 Å². The predicted octanol–water partition coefficient (Wildman–Crippen LogP) is 1.96. The Bertz CT molecular complexity index is 291. The number of aromatic nitrogens is 2. The molecule has 1 heterocycles. The number of nitrogens with zero attached hydrogens (tertiary/aromatic N) is 2. The van der Waals surface area contributed by atoms with E-state index in [1.165, 1.54) is 32.1 Å². The Kier molecular flexibility index (Phi) is 2.82. The van der Waals surface area contributed by atoms with Crippen molar-refractivity contribution in [3.8, 4) is 0 Å². The number of nitrogens with two attached hydrogens (primary N) is 1. The van der Waals surface area contributed by atoms with Crippen molar-refractivity contribution in [2.24, 2.45) is 11.7 Å². The third-order valence-corrected chi connectivity index (χ3v) is 3.00. The maximum absolute atomic E-state index is 6.10. The molecule has 2 rings (SSSR count). The second kappa shape index (κ2) is 4.09. The molecule has 0 spiro atoms. The highest BCUT2D eigenvalue weighted by Gasteiger charge is 2.25. The smallest absolute Gasteiger partial charge is 0.223 e. The second-order valence-corrected chi connectivity index (χ2v) is 4.10. The summed E-state index contributed by atoms with van der Waals surface area (Å²) in [6.45, 7) is 1.80. The van der Waals surface area contributed by atoms with Crippen LogP contribution in [0.4, 0.5) is 0 Å². The zero-order valence-corrected chi connectivity index (χ0v) is 8.57. The Morgan fingerprint density at radius 1 is 1.36 bits per heavy atom. The molecule has 0 aliphatic heterocycles. The van der Waals surface area contributed by atoms with Crippen LogP contribution in [0.3, 0.4) is 0 Å². The number of hydrogen-bond donors (Lipinski definition) is 1. The Morgan fingerprint density at radius 2 is 2.07 bits per heavy atom. The minimum Gasteiger partial charge on any atom is -0.340 e. The fourth-order valence-electron chi connectivity index (χ4n) is 2.15. The summed E-state index contributed by atoms with van der Waals surface area (Å²) in [5.41, 5.74) is 6.10. The van der Waals surface area contributed by atoms with E-state index in [0.717, 1.165) is 0 Å². The van der Waals surface area contributed by atoms with Crippen molar-refractivity contribution in [3.63, 3.8) is 0 Å². The molecule has 1 aromatic heterocycles. The second-order valence-electron chi connectivity index (χ2n) is 4.10. The van der Waals surface area contributed by atoms with Gasteiger partial charge in [0, 0.05) is 6.92 Å². The fourth-order valence-corrected chi connectivity index (χ4v) is 2.15. The van der Waals surface area contributed by atoms with Gasteiger partial charge in [0.1, 0.15) is 0 Å². The summed E-state index contributed by atoms with van der Waals surface area (Å²) in [6, 6.07) is -0.0345. The third-order valence-electron chi connectivity index (χ3n) is 3.00. The van der Waals surface area contributed by atoms with Gasteiger partial charge in [-0.1, -0.05) is 24.4 Å². The Morgan fingerprint density at radius 3 is 2.64 bits per heavy atom. The lowest BCUT2D eigenvalue weighted by Gasteiger charge is -2.25. The monoisotopic (exact) mass is 195 g/mol. The molecule has 1 atom stereocenters. The van der Waals surface area contributed by atoms with Crippen molar-refractivity contribution < 1.29 is 4.52 Å². The minimum absolute atomic E-state index is 0.0345. The molecule has 1 aromatic rings. The highest BCUT2D eigenvalue weighted by molar-refractivity contribution is 4.95. The largest absolute Gasteiger partial charge is 0.340 e. The Labute approximate surface area is 83.9 Å². The maximum atomic E-state index is 6.10. The molecule has 1 unspecified atom stereocenters. The zero-order valence-electron chi connectivity index (χ0n) is 8.57. The average Bonchev–Trinajstić information content (AvgIpc) is 2.65. The standard InChI is InChI=1S/C10H17N3O/c1-7-12-10(13-14-7)9(11)8-5-3-2-4-6-8/h8-9H,2-6,11H2,1H3. The molecule has 1 aliphatic carbocycles. The van der Waals surface area contributed by atoms with Crippen LogP contribution in [-0.2, 0) is 0 Å². The summed E-state index contributed by atoms with van der Waals surface area (Å²) in [5.74, 6) is 1.82. The van der Waals surface area contributed by atoms with Gasteiger partial charge in [-0.05, 0) is 18.8 Å². The van der Waals surface area contributed by atoms with Gasteiger partial charge in [0.25, 0.3) is 0 Å². The molecule has 4 nitrogen and oxygen atoms in total. The molecule has 78 valence electrons. The van der Waals surface area contributed by atoms with Gasteiger partial charge in [-0.15, -0.1) is 0 Å². The van der Waals surface area contributed by atoms with Crippen LogP contribution in [0.15, 0.2) is 4.52 Å². The molecule has 2 N–H and O–H groups in total. The van der Waals surface area contributed by atoms with E-state index in [-0.39, 0.29) is 6.04 Å². The molecule has 1 saturated carbocycles. The molecular weight excluding hydrogens is 178 g/mol. The summed E-state index contributed by atoms with van der Waals surface area (Å²) in [7, 11) is 0. The van der Waals surface area contributed by atoms with Crippen LogP contribution in [0.5, 0.6) is 0 Å². The highest BCUT2D eigenvalue weighted by Crippen LogP contribution is 2.31. The Hall–Kier alpha value is -0.900. The predicted molar refractivity (Wildman–Crippen MR) is 52.5 cm³/mol. The third kappa shape index (κ3) is 1.95. The molecule has 4 heteroatoms. The number of aryl methyl sites for hydroxylation is 1. The SMILES string of the molecule is Cc1nc(C(N)C2CCCCC2)no1. The van der Waals surface area contributed by atoms with Gasteiger partial charge in [-0.25, -0.2) is 0 Å². The van der Waals surface area contributed by atoms with Crippen molar-refractivity contribution in [1.82, 2.24) is 10.1 Å².